The van der Waals surface area contributed by atoms with Gasteiger partial charge in [0.25, 0.3) is 5.56 Å². The van der Waals surface area contributed by atoms with Crippen molar-refractivity contribution in [1.29, 1.82) is 0 Å². The second-order valence-electron chi connectivity index (χ2n) is 7.75. The van der Waals surface area contributed by atoms with Crippen LogP contribution in [0, 0.1) is 0 Å². The van der Waals surface area contributed by atoms with Crippen molar-refractivity contribution in [2.24, 2.45) is 0 Å². The van der Waals surface area contributed by atoms with E-state index in [4.69, 9.17) is 9.40 Å². The lowest BCUT2D eigenvalue weighted by atomic mass is 10.1. The van der Waals surface area contributed by atoms with Crippen molar-refractivity contribution < 1.29 is 14.0 Å². The van der Waals surface area contributed by atoms with Crippen LogP contribution in [0.1, 0.15) is 37.0 Å². The van der Waals surface area contributed by atoms with E-state index in [9.17, 15) is 14.4 Å². The number of nitrogens with zero attached hydrogens (tertiary/aromatic N) is 3. The van der Waals surface area contributed by atoms with Crippen LogP contribution in [0.15, 0.2) is 32.8 Å². The fourth-order valence-corrected chi connectivity index (χ4v) is 5.71. The quantitative estimate of drug-likeness (QED) is 0.449. The molecule has 8 nitrogen and oxygen atoms in total. The number of hydrogen-bond acceptors (Lipinski definition) is 7. The minimum atomic E-state index is -0.137. The highest BCUT2D eigenvalue weighted by molar-refractivity contribution is 7.99. The number of carbonyl (C=O) groups excluding carboxylic acids is 2. The van der Waals surface area contributed by atoms with Crippen LogP contribution in [0.25, 0.3) is 10.2 Å². The van der Waals surface area contributed by atoms with Gasteiger partial charge in [0, 0.05) is 24.4 Å². The predicted octanol–water partition coefficient (Wildman–Crippen LogP) is 2.62. The lowest BCUT2D eigenvalue weighted by Gasteiger charge is -2.25. The van der Waals surface area contributed by atoms with Crippen molar-refractivity contribution in [2.75, 3.05) is 12.3 Å². The Bertz CT molecular complexity index is 1180. The summed E-state index contributed by atoms with van der Waals surface area (Å²) in [7, 11) is 0. The zero-order valence-corrected chi connectivity index (χ0v) is 19.3. The Hall–Kier alpha value is -2.59. The monoisotopic (exact) mass is 460 g/mol. The van der Waals surface area contributed by atoms with Crippen molar-refractivity contribution in [3.05, 3.63) is 45.0 Å². The van der Waals surface area contributed by atoms with Crippen LogP contribution < -0.4 is 10.9 Å². The Morgan fingerprint density at radius 2 is 2.19 bits per heavy atom. The second kappa shape index (κ2) is 8.88. The van der Waals surface area contributed by atoms with Gasteiger partial charge >= 0.3 is 0 Å². The average Bonchev–Trinajstić information content (AvgIpc) is 3.34. The van der Waals surface area contributed by atoms with Crippen LogP contribution >= 0.6 is 23.1 Å². The molecule has 0 saturated carbocycles. The molecular weight excluding hydrogens is 436 g/mol. The zero-order valence-electron chi connectivity index (χ0n) is 17.6. The van der Waals surface area contributed by atoms with Crippen molar-refractivity contribution in [2.45, 2.75) is 51.5 Å². The summed E-state index contributed by atoms with van der Waals surface area (Å²) in [6.45, 7) is 6.71. The topological polar surface area (TPSA) is 97.4 Å². The Kier molecular flexibility index (Phi) is 6.19. The van der Waals surface area contributed by atoms with Gasteiger partial charge in [-0.2, -0.15) is 0 Å². The molecule has 10 heteroatoms. The summed E-state index contributed by atoms with van der Waals surface area (Å²) in [4.78, 5) is 45.7. The minimum absolute atomic E-state index is 0.0266. The summed E-state index contributed by atoms with van der Waals surface area (Å²) >= 11 is 2.69. The van der Waals surface area contributed by atoms with E-state index in [0.717, 1.165) is 10.4 Å². The summed E-state index contributed by atoms with van der Waals surface area (Å²) in [6.07, 6.45) is 2.20. The highest BCUT2D eigenvalue weighted by Crippen LogP contribution is 2.33. The molecule has 0 bridgehead atoms. The van der Waals surface area contributed by atoms with Gasteiger partial charge in [0.15, 0.2) is 5.16 Å². The third-order valence-electron chi connectivity index (χ3n) is 5.05. The van der Waals surface area contributed by atoms with Gasteiger partial charge in [-0.3, -0.25) is 19.0 Å². The fraction of sp³-hybridized carbons (Fsp3) is 0.429. The van der Waals surface area contributed by atoms with E-state index in [1.165, 1.54) is 23.1 Å². The van der Waals surface area contributed by atoms with Crippen LogP contribution in [0.3, 0.4) is 0 Å². The molecule has 0 saturated heterocycles. The van der Waals surface area contributed by atoms with Crippen LogP contribution in [0.2, 0.25) is 0 Å². The molecule has 4 rings (SSSR count). The van der Waals surface area contributed by atoms with E-state index in [0.29, 0.717) is 40.6 Å². The fourth-order valence-electron chi connectivity index (χ4n) is 3.63. The molecule has 4 heterocycles. The lowest BCUT2D eigenvalue weighted by molar-refractivity contribution is -0.129. The number of amides is 2. The number of furan rings is 1. The summed E-state index contributed by atoms with van der Waals surface area (Å²) in [5, 5.41) is 3.95. The second-order valence-corrected chi connectivity index (χ2v) is 9.78. The minimum Gasteiger partial charge on any atom is -0.467 e. The molecule has 0 aromatic carbocycles. The predicted molar refractivity (Wildman–Crippen MR) is 120 cm³/mol. The summed E-state index contributed by atoms with van der Waals surface area (Å²) in [6, 6.07) is 3.63. The molecule has 3 aromatic heterocycles. The van der Waals surface area contributed by atoms with E-state index in [1.54, 1.807) is 28.7 Å². The number of rotatable bonds is 6. The Labute approximate surface area is 187 Å². The molecule has 164 valence electrons. The molecule has 0 spiro atoms. The summed E-state index contributed by atoms with van der Waals surface area (Å²) < 4.78 is 7.04. The molecule has 0 fully saturated rings. The Morgan fingerprint density at radius 3 is 2.87 bits per heavy atom. The first-order valence-electron chi connectivity index (χ1n) is 10.1. The van der Waals surface area contributed by atoms with Gasteiger partial charge < -0.3 is 14.6 Å². The number of hydrogen-bond donors (Lipinski definition) is 1. The summed E-state index contributed by atoms with van der Waals surface area (Å²) in [5.41, 5.74) is 0.847. The Morgan fingerprint density at radius 1 is 1.39 bits per heavy atom. The molecule has 1 aliphatic rings. The summed E-state index contributed by atoms with van der Waals surface area (Å²) in [5.74, 6) is 0.723. The van der Waals surface area contributed by atoms with Crippen molar-refractivity contribution >= 4 is 45.1 Å². The third kappa shape index (κ3) is 4.54. The van der Waals surface area contributed by atoms with E-state index in [2.05, 4.69) is 5.32 Å². The van der Waals surface area contributed by atoms with Crippen molar-refractivity contribution in [1.82, 2.24) is 19.8 Å². The highest BCUT2D eigenvalue weighted by atomic mass is 32.2. The maximum atomic E-state index is 13.5. The first-order valence-corrected chi connectivity index (χ1v) is 11.9. The number of thioether (sulfide) groups is 1. The van der Waals surface area contributed by atoms with E-state index in [1.807, 2.05) is 19.9 Å². The van der Waals surface area contributed by atoms with E-state index in [-0.39, 0.29) is 35.7 Å². The highest BCUT2D eigenvalue weighted by Gasteiger charge is 2.26. The first-order chi connectivity index (χ1) is 14.8. The maximum Gasteiger partial charge on any atom is 0.263 e. The Balaban J connectivity index is 1.75. The molecule has 2 amide bonds. The zero-order chi connectivity index (χ0) is 22.1. The van der Waals surface area contributed by atoms with Crippen LogP contribution in [-0.2, 0) is 29.1 Å². The van der Waals surface area contributed by atoms with Gasteiger partial charge in [-0.25, -0.2) is 4.98 Å². The molecule has 31 heavy (non-hydrogen) atoms. The van der Waals surface area contributed by atoms with Crippen LogP contribution in [-0.4, -0.2) is 44.6 Å². The molecule has 0 aliphatic carbocycles. The molecule has 1 aliphatic heterocycles. The smallest absolute Gasteiger partial charge is 0.263 e. The first kappa shape index (κ1) is 21.6. The molecule has 0 radical (unpaired) electrons. The van der Waals surface area contributed by atoms with Gasteiger partial charge in [0.1, 0.15) is 10.6 Å². The average molecular weight is 461 g/mol. The standard InChI is InChI=1S/C21H24N4O4S2/c1-12(2)22-17(27)11-30-21-23-19-18(20(28)25(21)9-14-5-4-8-29-14)15-6-7-24(13(3)26)10-16(15)31-19/h4-5,8,12H,6-7,9-11H2,1-3H3,(H,22,27). The molecule has 0 unspecified atom stereocenters. The number of aromatic nitrogens is 2. The van der Waals surface area contributed by atoms with E-state index < -0.39 is 0 Å². The van der Waals surface area contributed by atoms with E-state index >= 15 is 0 Å². The van der Waals surface area contributed by atoms with Gasteiger partial charge in [-0.05, 0) is 38.0 Å². The van der Waals surface area contributed by atoms with Gasteiger partial charge in [0.05, 0.1) is 30.5 Å². The maximum absolute atomic E-state index is 13.5. The SMILES string of the molecule is CC(=O)N1CCc2c(sc3nc(SCC(=O)NC(C)C)n(Cc4ccco4)c(=O)c23)C1. The molecular formula is C21H24N4O4S2. The van der Waals surface area contributed by atoms with Crippen LogP contribution in [0.5, 0.6) is 0 Å². The number of carbonyl (C=O) groups is 2. The largest absolute Gasteiger partial charge is 0.467 e. The number of thiophene rings is 1. The third-order valence-corrected chi connectivity index (χ3v) is 7.13. The van der Waals surface area contributed by atoms with Gasteiger partial charge in [0.2, 0.25) is 11.8 Å². The number of fused-ring (bicyclic) bond motifs is 3. The molecule has 0 atom stereocenters. The van der Waals surface area contributed by atoms with Crippen LogP contribution in [0.4, 0.5) is 0 Å². The molecule has 3 aromatic rings. The lowest BCUT2D eigenvalue weighted by Crippen LogP contribution is -2.34. The molecule has 1 N–H and O–H groups in total. The van der Waals surface area contributed by atoms with Crippen molar-refractivity contribution in [3.63, 3.8) is 0 Å². The van der Waals surface area contributed by atoms with Crippen molar-refractivity contribution in [3.8, 4) is 0 Å². The number of nitrogens with one attached hydrogen (secondary N) is 1. The van der Waals surface area contributed by atoms with Gasteiger partial charge in [-0.15, -0.1) is 11.3 Å². The van der Waals surface area contributed by atoms with Gasteiger partial charge in [-0.1, -0.05) is 11.8 Å². The normalized spacial score (nSPS) is 13.6.